The lowest BCUT2D eigenvalue weighted by Crippen LogP contribution is -2.60. The largest absolute Gasteiger partial charge is 0.394 e. The molecule has 136 valence electrons. The van der Waals surface area contributed by atoms with Crippen LogP contribution in [0.15, 0.2) is 0 Å². The maximum Gasteiger partial charge on any atom is 0.187 e. The van der Waals surface area contributed by atoms with Gasteiger partial charge in [0.15, 0.2) is 12.6 Å². The second kappa shape index (κ2) is 8.94. The molecule has 1 heterocycles. The zero-order valence-electron chi connectivity index (χ0n) is 12.0. The van der Waals surface area contributed by atoms with Crippen LogP contribution in [-0.4, -0.2) is 115 Å². The van der Waals surface area contributed by atoms with Crippen LogP contribution in [0.5, 0.6) is 0 Å². The van der Waals surface area contributed by atoms with Gasteiger partial charge in [-0.05, 0) is 0 Å². The number of ether oxygens (including phenoxy) is 2. The van der Waals surface area contributed by atoms with Gasteiger partial charge in [-0.25, -0.2) is 0 Å². The molecule has 0 saturated carbocycles. The highest BCUT2D eigenvalue weighted by Gasteiger charge is 2.46. The third-order valence-electron chi connectivity index (χ3n) is 3.54. The van der Waals surface area contributed by atoms with E-state index < -0.39 is 68.3 Å². The average molecular weight is 342 g/mol. The molecule has 0 aliphatic carbocycles. The molecule has 0 amide bonds. The van der Waals surface area contributed by atoms with Crippen LogP contribution in [0.1, 0.15) is 0 Å². The van der Waals surface area contributed by atoms with Gasteiger partial charge in [0.25, 0.3) is 0 Å². The lowest BCUT2D eigenvalue weighted by molar-refractivity contribution is -0.315. The normalized spacial score (nSPS) is 37.0. The van der Waals surface area contributed by atoms with E-state index in [1.807, 2.05) is 0 Å². The molecular formula is C12H22O11. The Bertz CT molecular complexity index is 365. The summed E-state index contributed by atoms with van der Waals surface area (Å²) in [6, 6.07) is 0. The minimum absolute atomic E-state index is 0.0550. The van der Waals surface area contributed by atoms with Crippen molar-refractivity contribution in [3.8, 4) is 0 Å². The number of carbonyl (C=O) groups excluding carboxylic acids is 1. The Balaban J connectivity index is 2.79. The Hall–Kier alpha value is -0.730. The van der Waals surface area contributed by atoms with Gasteiger partial charge >= 0.3 is 0 Å². The molecule has 0 radical (unpaired) electrons. The molecule has 0 aromatic rings. The van der Waals surface area contributed by atoms with E-state index in [0.29, 0.717) is 0 Å². The van der Waals surface area contributed by atoms with E-state index in [4.69, 9.17) is 19.7 Å². The Morgan fingerprint density at radius 2 is 1.61 bits per heavy atom. The molecule has 11 heteroatoms. The van der Waals surface area contributed by atoms with Crippen molar-refractivity contribution in [3.63, 3.8) is 0 Å². The second-order valence-corrected chi connectivity index (χ2v) is 5.17. The molecule has 1 saturated heterocycles. The average Bonchev–Trinajstić information content (AvgIpc) is 2.57. The molecule has 0 spiro atoms. The summed E-state index contributed by atoms with van der Waals surface area (Å²) in [4.78, 5) is 11.0. The van der Waals surface area contributed by atoms with E-state index in [1.54, 1.807) is 0 Å². The van der Waals surface area contributed by atoms with Crippen LogP contribution in [0, 0.1) is 0 Å². The van der Waals surface area contributed by atoms with Crippen molar-refractivity contribution in [2.75, 3.05) is 13.2 Å². The predicted octanol–water partition coefficient (Wildman–Crippen LogP) is -5.55. The monoisotopic (exact) mass is 342 g/mol. The zero-order chi connectivity index (χ0) is 17.7. The molecule has 0 bridgehead atoms. The standard InChI is InChI=1S/C12H22O11/c13-1-4(16)7(17)8(18)5(2-14)22-12-11(21)10(20)9(19)6(3-15)23-12/h2,4-13,15-21H,1,3H2/t4-,5+,6-,7-,8-,9-,10+,11-,12?/m1/s1. The lowest BCUT2D eigenvalue weighted by atomic mass is 9.99. The van der Waals surface area contributed by atoms with Gasteiger partial charge in [0.2, 0.25) is 0 Å². The molecule has 23 heavy (non-hydrogen) atoms. The van der Waals surface area contributed by atoms with Gasteiger partial charge in [0.05, 0.1) is 13.2 Å². The van der Waals surface area contributed by atoms with Crippen molar-refractivity contribution in [3.05, 3.63) is 0 Å². The molecule has 0 aromatic heterocycles. The van der Waals surface area contributed by atoms with Gasteiger partial charge < -0.3 is 55.1 Å². The van der Waals surface area contributed by atoms with Crippen LogP contribution in [0.3, 0.4) is 0 Å². The van der Waals surface area contributed by atoms with Gasteiger partial charge in [0.1, 0.15) is 48.8 Å². The highest BCUT2D eigenvalue weighted by Crippen LogP contribution is 2.23. The van der Waals surface area contributed by atoms with E-state index >= 15 is 0 Å². The molecule has 8 N–H and O–H groups in total. The third-order valence-corrected chi connectivity index (χ3v) is 3.54. The van der Waals surface area contributed by atoms with Crippen LogP contribution in [0.4, 0.5) is 0 Å². The summed E-state index contributed by atoms with van der Waals surface area (Å²) in [6.07, 6.45) is -15.5. The summed E-state index contributed by atoms with van der Waals surface area (Å²) in [6.45, 7) is -1.60. The molecular weight excluding hydrogens is 320 g/mol. The van der Waals surface area contributed by atoms with E-state index in [-0.39, 0.29) is 6.29 Å². The first-order valence-corrected chi connectivity index (χ1v) is 6.84. The van der Waals surface area contributed by atoms with Gasteiger partial charge in [0, 0.05) is 0 Å². The Kier molecular flexibility index (Phi) is 7.89. The van der Waals surface area contributed by atoms with Gasteiger partial charge in [-0.15, -0.1) is 0 Å². The van der Waals surface area contributed by atoms with E-state index in [0.717, 1.165) is 0 Å². The highest BCUT2D eigenvalue weighted by atomic mass is 16.7. The summed E-state index contributed by atoms with van der Waals surface area (Å²) in [7, 11) is 0. The number of hydrogen-bond donors (Lipinski definition) is 8. The second-order valence-electron chi connectivity index (χ2n) is 5.17. The molecule has 1 unspecified atom stereocenters. The van der Waals surface area contributed by atoms with Crippen molar-refractivity contribution in [2.45, 2.75) is 55.1 Å². The Labute approximate surface area is 130 Å². The van der Waals surface area contributed by atoms with Crippen molar-refractivity contribution < 1.29 is 55.1 Å². The molecule has 1 fully saturated rings. The molecule has 1 rings (SSSR count). The maximum atomic E-state index is 11.0. The number of rotatable bonds is 8. The van der Waals surface area contributed by atoms with Crippen LogP contribution >= 0.6 is 0 Å². The van der Waals surface area contributed by atoms with Crippen LogP contribution in [-0.2, 0) is 14.3 Å². The van der Waals surface area contributed by atoms with Crippen molar-refractivity contribution >= 4 is 6.29 Å². The number of aliphatic hydroxyl groups is 8. The summed E-state index contributed by atoms with van der Waals surface area (Å²) in [5, 5.41) is 75.2. The minimum Gasteiger partial charge on any atom is -0.394 e. The summed E-state index contributed by atoms with van der Waals surface area (Å²) in [5.74, 6) is 0. The molecule has 11 nitrogen and oxygen atoms in total. The number of hydrogen-bond acceptors (Lipinski definition) is 11. The van der Waals surface area contributed by atoms with Crippen LogP contribution in [0.2, 0.25) is 0 Å². The van der Waals surface area contributed by atoms with Crippen molar-refractivity contribution in [2.24, 2.45) is 0 Å². The fourth-order valence-corrected chi connectivity index (χ4v) is 2.06. The number of aldehydes is 1. The molecule has 0 aromatic carbocycles. The molecule has 1 aliphatic heterocycles. The first-order chi connectivity index (χ1) is 10.8. The number of carbonyl (C=O) groups is 1. The third kappa shape index (κ3) is 4.64. The first kappa shape index (κ1) is 20.3. The van der Waals surface area contributed by atoms with Crippen molar-refractivity contribution in [1.29, 1.82) is 0 Å². The Morgan fingerprint density at radius 1 is 1.00 bits per heavy atom. The highest BCUT2D eigenvalue weighted by molar-refractivity contribution is 5.57. The maximum absolute atomic E-state index is 11.0. The first-order valence-electron chi connectivity index (χ1n) is 6.84. The zero-order valence-corrected chi connectivity index (χ0v) is 12.0. The lowest BCUT2D eigenvalue weighted by Gasteiger charge is -2.41. The SMILES string of the molecule is O=C[C@H](OC1O[C@H](CO)[C@@H](O)[C@H](O)[C@H]1O)[C@@H](O)[C@H](O)[C@H](O)CO. The van der Waals surface area contributed by atoms with Gasteiger partial charge in [-0.3, -0.25) is 0 Å². The van der Waals surface area contributed by atoms with Gasteiger partial charge in [-0.1, -0.05) is 0 Å². The summed E-state index contributed by atoms with van der Waals surface area (Å²) >= 11 is 0. The smallest absolute Gasteiger partial charge is 0.187 e. The van der Waals surface area contributed by atoms with Gasteiger partial charge in [-0.2, -0.15) is 0 Å². The summed E-state index contributed by atoms with van der Waals surface area (Å²) < 4.78 is 9.94. The van der Waals surface area contributed by atoms with Crippen molar-refractivity contribution in [1.82, 2.24) is 0 Å². The fraction of sp³-hybridized carbons (Fsp3) is 0.917. The van der Waals surface area contributed by atoms with E-state index in [9.17, 15) is 35.4 Å². The molecule has 9 atom stereocenters. The van der Waals surface area contributed by atoms with E-state index in [1.165, 1.54) is 0 Å². The minimum atomic E-state index is -1.97. The van der Waals surface area contributed by atoms with Crippen LogP contribution < -0.4 is 0 Å². The Morgan fingerprint density at radius 3 is 2.09 bits per heavy atom. The molecule has 1 aliphatic rings. The predicted molar refractivity (Wildman–Crippen MR) is 69.8 cm³/mol. The van der Waals surface area contributed by atoms with Crippen LogP contribution in [0.25, 0.3) is 0 Å². The topological polar surface area (TPSA) is 197 Å². The summed E-state index contributed by atoms with van der Waals surface area (Å²) in [5.41, 5.74) is 0. The van der Waals surface area contributed by atoms with E-state index in [2.05, 4.69) is 0 Å². The fourth-order valence-electron chi connectivity index (χ4n) is 2.06. The number of aliphatic hydroxyl groups excluding tert-OH is 8. The quantitative estimate of drug-likeness (QED) is 0.196.